The number of halogens is 2. The summed E-state index contributed by atoms with van der Waals surface area (Å²) in [5.41, 5.74) is 0. The van der Waals surface area contributed by atoms with E-state index in [1.54, 1.807) is 0 Å². The molecule has 0 bridgehead atoms. The van der Waals surface area contributed by atoms with Gasteiger partial charge in [0.05, 0.1) is 26.4 Å². The molecule has 2 aliphatic rings. The maximum Gasteiger partial charge on any atom is 0.0585 e. The summed E-state index contributed by atoms with van der Waals surface area (Å²) in [6.07, 6.45) is 1.82. The van der Waals surface area contributed by atoms with Gasteiger partial charge in [0, 0.05) is 24.2 Å². The standard InChI is InChI=1S/2C5H11NO2.2ClH/c2*7-2-4-1-5(3-8)6-4;;/h2*4-8H,1-3H2;2*1H/t2*4-,5+;;. The van der Waals surface area contributed by atoms with Crippen molar-refractivity contribution in [3.63, 3.8) is 0 Å². The molecule has 0 amide bonds. The molecule has 0 spiro atoms. The van der Waals surface area contributed by atoms with Crippen molar-refractivity contribution in [2.24, 2.45) is 0 Å². The summed E-state index contributed by atoms with van der Waals surface area (Å²) in [4.78, 5) is 0. The van der Waals surface area contributed by atoms with E-state index >= 15 is 0 Å². The lowest BCUT2D eigenvalue weighted by Gasteiger charge is -2.34. The van der Waals surface area contributed by atoms with Crippen LogP contribution in [0.15, 0.2) is 0 Å². The fraction of sp³-hybridized carbons (Fsp3) is 1.00. The van der Waals surface area contributed by atoms with Crippen LogP contribution < -0.4 is 10.6 Å². The minimum atomic E-state index is 0. The van der Waals surface area contributed by atoms with Crippen molar-refractivity contribution in [3.05, 3.63) is 0 Å². The second-order valence-electron chi connectivity index (χ2n) is 4.32. The van der Waals surface area contributed by atoms with Gasteiger partial charge in [-0.25, -0.2) is 0 Å². The molecule has 0 radical (unpaired) electrons. The Morgan fingerprint density at radius 1 is 0.611 bits per heavy atom. The van der Waals surface area contributed by atoms with E-state index in [9.17, 15) is 0 Å². The van der Waals surface area contributed by atoms with E-state index in [0.717, 1.165) is 12.8 Å². The van der Waals surface area contributed by atoms with Crippen LogP contribution in [0, 0.1) is 0 Å². The zero-order valence-electron chi connectivity index (χ0n) is 10.2. The average molecular weight is 307 g/mol. The van der Waals surface area contributed by atoms with Crippen molar-refractivity contribution in [2.45, 2.75) is 37.0 Å². The highest BCUT2D eigenvalue weighted by Crippen LogP contribution is 2.09. The number of nitrogens with one attached hydrogen (secondary N) is 2. The lowest BCUT2D eigenvalue weighted by atomic mass is 9.99. The second kappa shape index (κ2) is 11.2. The van der Waals surface area contributed by atoms with Crippen LogP contribution in [0.5, 0.6) is 0 Å². The zero-order valence-corrected chi connectivity index (χ0v) is 11.8. The number of aliphatic hydroxyl groups is 4. The third kappa shape index (κ3) is 6.49. The van der Waals surface area contributed by atoms with Crippen LogP contribution >= 0.6 is 24.8 Å². The molecule has 2 saturated heterocycles. The van der Waals surface area contributed by atoms with E-state index in [2.05, 4.69) is 10.6 Å². The Labute approximate surface area is 120 Å². The van der Waals surface area contributed by atoms with E-state index in [4.69, 9.17) is 20.4 Å². The first-order chi connectivity index (χ1) is 7.73. The zero-order chi connectivity index (χ0) is 12.0. The van der Waals surface area contributed by atoms with Crippen LogP contribution in [-0.4, -0.2) is 71.0 Å². The molecule has 8 heteroatoms. The SMILES string of the molecule is Cl.Cl.OC[C@@H]1C[C@H](CO)N1.OC[C@@H]1C[C@H](CO)N1. The van der Waals surface area contributed by atoms with E-state index < -0.39 is 0 Å². The van der Waals surface area contributed by atoms with Crippen LogP contribution in [0.1, 0.15) is 12.8 Å². The Bertz CT molecular complexity index is 155. The quantitative estimate of drug-likeness (QED) is 0.368. The highest BCUT2D eigenvalue weighted by atomic mass is 35.5. The highest BCUT2D eigenvalue weighted by molar-refractivity contribution is 5.85. The minimum absolute atomic E-state index is 0. The molecule has 0 aromatic carbocycles. The van der Waals surface area contributed by atoms with E-state index in [0.29, 0.717) is 0 Å². The molecule has 2 aliphatic heterocycles. The maximum absolute atomic E-state index is 8.46. The summed E-state index contributed by atoms with van der Waals surface area (Å²) in [6.45, 7) is 0.764. The first-order valence-corrected chi connectivity index (χ1v) is 5.69. The molecule has 0 unspecified atom stereocenters. The number of hydrogen-bond donors (Lipinski definition) is 6. The lowest BCUT2D eigenvalue weighted by Crippen LogP contribution is -2.55. The third-order valence-electron chi connectivity index (χ3n) is 2.96. The summed E-state index contributed by atoms with van der Waals surface area (Å²) >= 11 is 0. The normalized spacial score (nSPS) is 32.7. The molecular weight excluding hydrogens is 283 g/mol. The molecule has 0 saturated carbocycles. The number of rotatable bonds is 4. The third-order valence-corrected chi connectivity index (χ3v) is 2.96. The van der Waals surface area contributed by atoms with Crippen molar-refractivity contribution in [2.75, 3.05) is 26.4 Å². The van der Waals surface area contributed by atoms with Gasteiger partial charge in [-0.1, -0.05) is 0 Å². The molecule has 0 aliphatic carbocycles. The molecule has 2 heterocycles. The van der Waals surface area contributed by atoms with Gasteiger partial charge in [0.25, 0.3) is 0 Å². The Morgan fingerprint density at radius 2 is 0.778 bits per heavy atom. The Kier molecular flexibility index (Phi) is 12.8. The van der Waals surface area contributed by atoms with Gasteiger partial charge in [-0.05, 0) is 12.8 Å². The fourth-order valence-electron chi connectivity index (χ4n) is 1.81. The summed E-state index contributed by atoms with van der Waals surface area (Å²) < 4.78 is 0. The highest BCUT2D eigenvalue weighted by Gasteiger charge is 2.26. The summed E-state index contributed by atoms with van der Waals surface area (Å²) in [5, 5.41) is 39.8. The number of aliphatic hydroxyl groups excluding tert-OH is 4. The predicted octanol–water partition coefficient (Wildman–Crippen LogP) is -1.75. The van der Waals surface area contributed by atoms with Gasteiger partial charge in [-0.3, -0.25) is 0 Å². The monoisotopic (exact) mass is 306 g/mol. The number of hydrogen-bond acceptors (Lipinski definition) is 6. The molecule has 6 N–H and O–H groups in total. The van der Waals surface area contributed by atoms with Gasteiger partial charge < -0.3 is 31.1 Å². The molecular formula is C10H24Cl2N2O4. The summed E-state index contributed by atoms with van der Waals surface area (Å²) in [6, 6.07) is 0.971. The van der Waals surface area contributed by atoms with Gasteiger partial charge in [0.2, 0.25) is 0 Å². The molecule has 2 rings (SSSR count). The van der Waals surface area contributed by atoms with Crippen LogP contribution in [0.4, 0.5) is 0 Å². The van der Waals surface area contributed by atoms with E-state index in [1.807, 2.05) is 0 Å². The van der Waals surface area contributed by atoms with Gasteiger partial charge in [0.1, 0.15) is 0 Å². The first kappa shape index (κ1) is 20.7. The average Bonchev–Trinajstić information content (AvgIpc) is 2.17. The van der Waals surface area contributed by atoms with Crippen molar-refractivity contribution in [1.82, 2.24) is 10.6 Å². The van der Waals surface area contributed by atoms with Gasteiger partial charge >= 0.3 is 0 Å². The molecule has 112 valence electrons. The Balaban J connectivity index is 0. The van der Waals surface area contributed by atoms with Gasteiger partial charge in [-0.2, -0.15) is 0 Å². The first-order valence-electron chi connectivity index (χ1n) is 5.69. The van der Waals surface area contributed by atoms with Crippen LogP contribution in [-0.2, 0) is 0 Å². The topological polar surface area (TPSA) is 105 Å². The minimum Gasteiger partial charge on any atom is -0.395 e. The van der Waals surface area contributed by atoms with Crippen LogP contribution in [0.25, 0.3) is 0 Å². The van der Waals surface area contributed by atoms with Crippen LogP contribution in [0.3, 0.4) is 0 Å². The van der Waals surface area contributed by atoms with Gasteiger partial charge in [-0.15, -0.1) is 24.8 Å². The summed E-state index contributed by atoms with van der Waals surface area (Å²) in [7, 11) is 0. The largest absolute Gasteiger partial charge is 0.395 e. The van der Waals surface area contributed by atoms with E-state index in [-0.39, 0.29) is 75.4 Å². The molecule has 0 aromatic heterocycles. The van der Waals surface area contributed by atoms with Crippen molar-refractivity contribution < 1.29 is 20.4 Å². The van der Waals surface area contributed by atoms with Crippen molar-refractivity contribution >= 4 is 24.8 Å². The van der Waals surface area contributed by atoms with Crippen molar-refractivity contribution in [3.8, 4) is 0 Å². The van der Waals surface area contributed by atoms with Gasteiger partial charge in [0.15, 0.2) is 0 Å². The molecule has 2 fully saturated rings. The molecule has 18 heavy (non-hydrogen) atoms. The smallest absolute Gasteiger partial charge is 0.0585 e. The molecule has 0 aromatic rings. The summed E-state index contributed by atoms with van der Waals surface area (Å²) in [5.74, 6) is 0. The Hall–Kier alpha value is 0.340. The molecule has 4 atom stereocenters. The lowest BCUT2D eigenvalue weighted by molar-refractivity contribution is 0.114. The van der Waals surface area contributed by atoms with Crippen LogP contribution in [0.2, 0.25) is 0 Å². The second-order valence-corrected chi connectivity index (χ2v) is 4.32. The fourth-order valence-corrected chi connectivity index (χ4v) is 1.81. The van der Waals surface area contributed by atoms with Crippen molar-refractivity contribution in [1.29, 1.82) is 0 Å². The predicted molar refractivity (Wildman–Crippen MR) is 73.5 cm³/mol. The maximum atomic E-state index is 8.46. The van der Waals surface area contributed by atoms with E-state index in [1.165, 1.54) is 0 Å². The molecule has 6 nitrogen and oxygen atoms in total. The Morgan fingerprint density at radius 3 is 0.889 bits per heavy atom.